The summed E-state index contributed by atoms with van der Waals surface area (Å²) in [6.07, 6.45) is 1.96. The lowest BCUT2D eigenvalue weighted by Crippen LogP contribution is -2.32. The first-order chi connectivity index (χ1) is 11.3. The lowest BCUT2D eigenvalue weighted by atomic mass is 10.1. The first-order valence-corrected chi connectivity index (χ1v) is 8.66. The van der Waals surface area contributed by atoms with Crippen molar-refractivity contribution in [1.82, 2.24) is 4.90 Å². The molecule has 0 bridgehead atoms. The molecule has 0 saturated heterocycles. The maximum absolute atomic E-state index is 10.5. The molecule has 0 radical (unpaired) electrons. The summed E-state index contributed by atoms with van der Waals surface area (Å²) in [4.78, 5) is 3.53. The SMILES string of the molecule is O[C@H](Cc1ccccc1)CN(Cc1ccco1)Cc1cccs1. The van der Waals surface area contributed by atoms with E-state index in [2.05, 4.69) is 34.5 Å². The Kier molecular flexibility index (Phi) is 5.64. The van der Waals surface area contributed by atoms with E-state index in [1.165, 1.54) is 4.88 Å². The van der Waals surface area contributed by atoms with Gasteiger partial charge in [-0.2, -0.15) is 0 Å². The Morgan fingerprint density at radius 1 is 1.00 bits per heavy atom. The third kappa shape index (κ3) is 5.06. The first-order valence-electron chi connectivity index (χ1n) is 7.79. The quantitative estimate of drug-likeness (QED) is 0.681. The van der Waals surface area contributed by atoms with Crippen LogP contribution in [0.15, 0.2) is 70.7 Å². The Bertz CT molecular complexity index is 628. The molecule has 0 spiro atoms. The van der Waals surface area contributed by atoms with Gasteiger partial charge >= 0.3 is 0 Å². The fraction of sp³-hybridized carbons (Fsp3) is 0.263. The van der Waals surface area contributed by atoms with E-state index in [4.69, 9.17) is 4.42 Å². The zero-order valence-corrected chi connectivity index (χ0v) is 13.8. The Morgan fingerprint density at radius 3 is 2.57 bits per heavy atom. The lowest BCUT2D eigenvalue weighted by Gasteiger charge is -2.23. The summed E-state index contributed by atoms with van der Waals surface area (Å²) in [6, 6.07) is 18.2. The van der Waals surface area contributed by atoms with E-state index in [1.54, 1.807) is 17.6 Å². The van der Waals surface area contributed by atoms with Crippen LogP contribution in [0.2, 0.25) is 0 Å². The highest BCUT2D eigenvalue weighted by atomic mass is 32.1. The van der Waals surface area contributed by atoms with Crippen molar-refractivity contribution in [3.05, 3.63) is 82.4 Å². The highest BCUT2D eigenvalue weighted by Gasteiger charge is 2.15. The number of nitrogens with zero attached hydrogens (tertiary/aromatic N) is 1. The van der Waals surface area contributed by atoms with Crippen LogP contribution in [0.4, 0.5) is 0 Å². The Morgan fingerprint density at radius 2 is 1.87 bits per heavy atom. The van der Waals surface area contributed by atoms with Gasteiger partial charge in [-0.05, 0) is 35.6 Å². The molecule has 0 aliphatic heterocycles. The van der Waals surface area contributed by atoms with Crippen molar-refractivity contribution >= 4 is 11.3 Å². The molecule has 2 aromatic heterocycles. The van der Waals surface area contributed by atoms with E-state index >= 15 is 0 Å². The summed E-state index contributed by atoms with van der Waals surface area (Å²) in [5.74, 6) is 0.925. The van der Waals surface area contributed by atoms with Crippen LogP contribution in [-0.2, 0) is 19.5 Å². The standard InChI is InChI=1S/C19H21NO2S/c21-17(12-16-6-2-1-3-7-16)13-20(14-18-8-4-10-22-18)15-19-9-5-11-23-19/h1-11,17,21H,12-15H2/t17-/m1/s1. The fourth-order valence-electron chi connectivity index (χ4n) is 2.68. The lowest BCUT2D eigenvalue weighted by molar-refractivity contribution is 0.101. The van der Waals surface area contributed by atoms with Crippen LogP contribution in [0.25, 0.3) is 0 Å². The van der Waals surface area contributed by atoms with Gasteiger partial charge in [0.05, 0.1) is 18.9 Å². The van der Waals surface area contributed by atoms with Crippen molar-refractivity contribution in [2.24, 2.45) is 0 Å². The van der Waals surface area contributed by atoms with Crippen LogP contribution >= 0.6 is 11.3 Å². The highest BCUT2D eigenvalue weighted by molar-refractivity contribution is 7.09. The molecule has 120 valence electrons. The van der Waals surface area contributed by atoms with Crippen molar-refractivity contribution in [2.75, 3.05) is 6.54 Å². The van der Waals surface area contributed by atoms with Gasteiger partial charge in [0.2, 0.25) is 0 Å². The molecule has 0 aliphatic carbocycles. The van der Waals surface area contributed by atoms with Gasteiger partial charge in [0.1, 0.15) is 5.76 Å². The average molecular weight is 327 g/mol. The Hall–Kier alpha value is -1.88. The normalized spacial score (nSPS) is 12.6. The van der Waals surface area contributed by atoms with Gasteiger partial charge in [-0.15, -0.1) is 11.3 Å². The second kappa shape index (κ2) is 8.11. The van der Waals surface area contributed by atoms with Crippen LogP contribution in [0, 0.1) is 0 Å². The van der Waals surface area contributed by atoms with E-state index in [0.29, 0.717) is 19.5 Å². The van der Waals surface area contributed by atoms with Crippen LogP contribution in [0.5, 0.6) is 0 Å². The Balaban J connectivity index is 1.62. The predicted octanol–water partition coefficient (Wildman–Crippen LogP) is 3.95. The third-order valence-corrected chi connectivity index (χ3v) is 4.56. The van der Waals surface area contributed by atoms with Crippen LogP contribution in [-0.4, -0.2) is 22.7 Å². The number of aliphatic hydroxyl groups is 1. The first kappa shape index (κ1) is 16.0. The minimum absolute atomic E-state index is 0.396. The minimum atomic E-state index is -0.396. The molecule has 4 heteroatoms. The van der Waals surface area contributed by atoms with E-state index < -0.39 is 6.10 Å². The molecular weight excluding hydrogens is 306 g/mol. The maximum Gasteiger partial charge on any atom is 0.117 e. The number of aliphatic hydroxyl groups excluding tert-OH is 1. The number of thiophene rings is 1. The van der Waals surface area contributed by atoms with Crippen molar-refractivity contribution in [2.45, 2.75) is 25.6 Å². The van der Waals surface area contributed by atoms with Crippen LogP contribution < -0.4 is 0 Å². The Labute approximate surface area is 140 Å². The van der Waals surface area contributed by atoms with E-state index in [-0.39, 0.29) is 0 Å². The molecule has 2 heterocycles. The summed E-state index contributed by atoms with van der Waals surface area (Å²) in [7, 11) is 0. The van der Waals surface area contributed by atoms with Gasteiger partial charge in [-0.3, -0.25) is 4.90 Å². The molecule has 0 aliphatic rings. The summed E-state index contributed by atoms with van der Waals surface area (Å²) in [6.45, 7) is 2.15. The van der Waals surface area contributed by atoms with Gasteiger partial charge in [-0.25, -0.2) is 0 Å². The van der Waals surface area contributed by atoms with E-state index in [0.717, 1.165) is 17.9 Å². The molecular formula is C19H21NO2S. The number of hydrogen-bond donors (Lipinski definition) is 1. The molecule has 3 rings (SSSR count). The monoisotopic (exact) mass is 327 g/mol. The summed E-state index contributed by atoms with van der Waals surface area (Å²) >= 11 is 1.74. The van der Waals surface area contributed by atoms with Crippen LogP contribution in [0.1, 0.15) is 16.2 Å². The highest BCUT2D eigenvalue weighted by Crippen LogP contribution is 2.16. The van der Waals surface area contributed by atoms with Crippen LogP contribution in [0.3, 0.4) is 0 Å². The number of furan rings is 1. The summed E-state index contributed by atoms with van der Waals surface area (Å²) in [5.41, 5.74) is 1.16. The largest absolute Gasteiger partial charge is 0.468 e. The van der Waals surface area contributed by atoms with Gasteiger partial charge in [0.15, 0.2) is 0 Å². The molecule has 1 atom stereocenters. The maximum atomic E-state index is 10.5. The molecule has 1 N–H and O–H groups in total. The van der Waals surface area contributed by atoms with Crippen molar-refractivity contribution in [1.29, 1.82) is 0 Å². The molecule has 0 fully saturated rings. The second-order valence-electron chi connectivity index (χ2n) is 5.67. The third-order valence-electron chi connectivity index (χ3n) is 3.70. The van der Waals surface area contributed by atoms with Crippen molar-refractivity contribution in [3.63, 3.8) is 0 Å². The van der Waals surface area contributed by atoms with Gasteiger partial charge < -0.3 is 9.52 Å². The second-order valence-corrected chi connectivity index (χ2v) is 6.70. The zero-order chi connectivity index (χ0) is 15.9. The number of benzene rings is 1. The van der Waals surface area contributed by atoms with E-state index in [1.807, 2.05) is 30.3 Å². The summed E-state index contributed by atoms with van der Waals surface area (Å²) < 4.78 is 5.46. The molecule has 3 nitrogen and oxygen atoms in total. The molecule has 1 aromatic carbocycles. The topological polar surface area (TPSA) is 36.6 Å². The minimum Gasteiger partial charge on any atom is -0.468 e. The molecule has 0 unspecified atom stereocenters. The van der Waals surface area contributed by atoms with Gasteiger partial charge in [-0.1, -0.05) is 36.4 Å². The van der Waals surface area contributed by atoms with Crippen molar-refractivity contribution in [3.8, 4) is 0 Å². The predicted molar refractivity (Wildman–Crippen MR) is 93.3 cm³/mol. The molecule has 23 heavy (non-hydrogen) atoms. The van der Waals surface area contributed by atoms with E-state index in [9.17, 15) is 5.11 Å². The van der Waals surface area contributed by atoms with Gasteiger partial charge in [0, 0.05) is 18.0 Å². The molecule has 0 saturated carbocycles. The number of rotatable bonds is 8. The smallest absolute Gasteiger partial charge is 0.117 e. The van der Waals surface area contributed by atoms with Crippen molar-refractivity contribution < 1.29 is 9.52 Å². The molecule has 0 amide bonds. The average Bonchev–Trinajstić information content (AvgIpc) is 3.22. The summed E-state index contributed by atoms with van der Waals surface area (Å²) in [5, 5.41) is 12.5. The molecule has 3 aromatic rings. The zero-order valence-electron chi connectivity index (χ0n) is 13.0. The van der Waals surface area contributed by atoms with Gasteiger partial charge in [0.25, 0.3) is 0 Å². The number of hydrogen-bond acceptors (Lipinski definition) is 4. The fourth-order valence-corrected chi connectivity index (χ4v) is 3.43.